The van der Waals surface area contributed by atoms with Crippen LogP contribution < -0.4 is 5.73 Å². The molecule has 1 aromatic rings. The summed E-state index contributed by atoms with van der Waals surface area (Å²) < 4.78 is 0. The van der Waals surface area contributed by atoms with Gasteiger partial charge in [-0.15, -0.1) is 0 Å². The third kappa shape index (κ3) is 3.71. The van der Waals surface area contributed by atoms with Crippen molar-refractivity contribution in [3.05, 3.63) is 34.3 Å². The van der Waals surface area contributed by atoms with Gasteiger partial charge in [-0.3, -0.25) is 0 Å². The first-order chi connectivity index (χ1) is 8.69. The van der Waals surface area contributed by atoms with Crippen molar-refractivity contribution in [3.63, 3.8) is 0 Å². The van der Waals surface area contributed by atoms with Gasteiger partial charge < -0.3 is 10.6 Å². The van der Waals surface area contributed by atoms with Gasteiger partial charge in [-0.1, -0.05) is 36.6 Å². The molecule has 1 saturated carbocycles. The fourth-order valence-corrected chi connectivity index (χ4v) is 3.10. The monoisotopic (exact) mass is 266 g/mol. The smallest absolute Gasteiger partial charge is 0.0454 e. The van der Waals surface area contributed by atoms with Gasteiger partial charge in [0.25, 0.3) is 0 Å². The van der Waals surface area contributed by atoms with E-state index >= 15 is 0 Å². The Balaban J connectivity index is 1.91. The Morgan fingerprint density at radius 1 is 1.33 bits per heavy atom. The molecule has 0 bridgehead atoms. The highest BCUT2D eigenvalue weighted by atomic mass is 35.5. The standard InChI is InChI=1S/C15H23ClN2/c1-18(10-12-4-2-3-5-12)11-14-7-6-13(9-17)8-15(14)16/h6-8,12H,2-5,9-11,17H2,1H3. The lowest BCUT2D eigenvalue weighted by molar-refractivity contribution is 0.271. The average Bonchev–Trinajstić information content (AvgIpc) is 2.84. The summed E-state index contributed by atoms with van der Waals surface area (Å²) in [5.41, 5.74) is 7.91. The van der Waals surface area contributed by atoms with Crippen LogP contribution in [-0.4, -0.2) is 18.5 Å². The second kappa shape index (κ2) is 6.55. The predicted octanol–water partition coefficient (Wildman–Crippen LogP) is 3.42. The van der Waals surface area contributed by atoms with Gasteiger partial charge in [0.05, 0.1) is 0 Å². The molecule has 18 heavy (non-hydrogen) atoms. The first-order valence-corrected chi connectivity index (χ1v) is 7.22. The minimum absolute atomic E-state index is 0.553. The maximum atomic E-state index is 6.29. The molecule has 0 spiro atoms. The Morgan fingerprint density at radius 2 is 2.06 bits per heavy atom. The molecule has 0 heterocycles. The van der Waals surface area contributed by atoms with Gasteiger partial charge >= 0.3 is 0 Å². The van der Waals surface area contributed by atoms with Crippen LogP contribution in [0.4, 0.5) is 0 Å². The molecular weight excluding hydrogens is 244 g/mol. The van der Waals surface area contributed by atoms with Crippen molar-refractivity contribution in [2.45, 2.75) is 38.8 Å². The first kappa shape index (κ1) is 13.9. The second-order valence-electron chi connectivity index (χ2n) is 5.48. The molecule has 1 aliphatic rings. The molecule has 1 aliphatic carbocycles. The van der Waals surface area contributed by atoms with Gasteiger partial charge in [-0.05, 0) is 43.0 Å². The lowest BCUT2D eigenvalue weighted by Crippen LogP contribution is -2.24. The number of hydrogen-bond donors (Lipinski definition) is 1. The molecule has 0 aromatic heterocycles. The summed E-state index contributed by atoms with van der Waals surface area (Å²) >= 11 is 6.29. The van der Waals surface area contributed by atoms with Crippen LogP contribution in [0.2, 0.25) is 5.02 Å². The molecule has 2 nitrogen and oxygen atoms in total. The molecular formula is C15H23ClN2. The summed E-state index contributed by atoms with van der Waals surface area (Å²) in [6.07, 6.45) is 5.60. The zero-order valence-corrected chi connectivity index (χ0v) is 11.9. The van der Waals surface area contributed by atoms with E-state index in [1.54, 1.807) is 0 Å². The van der Waals surface area contributed by atoms with Crippen LogP contribution in [-0.2, 0) is 13.1 Å². The molecule has 3 heteroatoms. The van der Waals surface area contributed by atoms with Crippen LogP contribution in [0.3, 0.4) is 0 Å². The summed E-state index contributed by atoms with van der Waals surface area (Å²) in [5.74, 6) is 0.886. The quantitative estimate of drug-likeness (QED) is 0.885. The maximum absolute atomic E-state index is 6.29. The van der Waals surface area contributed by atoms with Crippen LogP contribution in [0.25, 0.3) is 0 Å². The fourth-order valence-electron chi connectivity index (χ4n) is 2.84. The van der Waals surface area contributed by atoms with Gasteiger partial charge in [-0.2, -0.15) is 0 Å². The van der Waals surface area contributed by atoms with E-state index in [0.717, 1.165) is 23.0 Å². The van der Waals surface area contributed by atoms with E-state index in [2.05, 4.69) is 24.1 Å². The van der Waals surface area contributed by atoms with E-state index in [1.165, 1.54) is 37.8 Å². The Morgan fingerprint density at radius 3 is 2.67 bits per heavy atom. The summed E-state index contributed by atoms with van der Waals surface area (Å²) in [4.78, 5) is 2.39. The van der Waals surface area contributed by atoms with Gasteiger partial charge in [0.15, 0.2) is 0 Å². The maximum Gasteiger partial charge on any atom is 0.0454 e. The summed E-state index contributed by atoms with van der Waals surface area (Å²) in [5, 5.41) is 0.844. The minimum atomic E-state index is 0.553. The van der Waals surface area contributed by atoms with Crippen molar-refractivity contribution in [2.75, 3.05) is 13.6 Å². The molecule has 1 fully saturated rings. The Labute approximate surface area is 115 Å². The molecule has 100 valence electrons. The van der Waals surface area contributed by atoms with Crippen molar-refractivity contribution in [3.8, 4) is 0 Å². The summed E-state index contributed by atoms with van der Waals surface area (Å²) in [7, 11) is 2.19. The van der Waals surface area contributed by atoms with E-state index in [0.29, 0.717) is 6.54 Å². The molecule has 2 N–H and O–H groups in total. The van der Waals surface area contributed by atoms with Crippen molar-refractivity contribution in [1.29, 1.82) is 0 Å². The van der Waals surface area contributed by atoms with Crippen molar-refractivity contribution < 1.29 is 0 Å². The lowest BCUT2D eigenvalue weighted by Gasteiger charge is -2.21. The van der Waals surface area contributed by atoms with E-state index < -0.39 is 0 Å². The molecule has 0 aliphatic heterocycles. The van der Waals surface area contributed by atoms with Crippen LogP contribution in [0.5, 0.6) is 0 Å². The normalized spacial score (nSPS) is 16.7. The second-order valence-corrected chi connectivity index (χ2v) is 5.88. The van der Waals surface area contributed by atoms with Gasteiger partial charge in [0, 0.05) is 24.7 Å². The molecule has 1 aromatic carbocycles. The van der Waals surface area contributed by atoms with Crippen LogP contribution in [0.15, 0.2) is 18.2 Å². The van der Waals surface area contributed by atoms with Crippen molar-refractivity contribution in [1.82, 2.24) is 4.90 Å². The SMILES string of the molecule is CN(Cc1ccc(CN)cc1Cl)CC1CCCC1. The molecule has 0 saturated heterocycles. The number of benzene rings is 1. The summed E-state index contributed by atoms with van der Waals surface area (Å²) in [6.45, 7) is 2.67. The largest absolute Gasteiger partial charge is 0.326 e. The Kier molecular flexibility index (Phi) is 5.04. The van der Waals surface area contributed by atoms with Crippen LogP contribution >= 0.6 is 11.6 Å². The van der Waals surface area contributed by atoms with E-state index in [4.69, 9.17) is 17.3 Å². The minimum Gasteiger partial charge on any atom is -0.326 e. The number of hydrogen-bond acceptors (Lipinski definition) is 2. The van der Waals surface area contributed by atoms with Crippen molar-refractivity contribution in [2.24, 2.45) is 11.7 Å². The number of halogens is 1. The van der Waals surface area contributed by atoms with Crippen LogP contribution in [0.1, 0.15) is 36.8 Å². The molecule has 0 amide bonds. The highest BCUT2D eigenvalue weighted by Gasteiger charge is 2.17. The Hall–Kier alpha value is -0.570. The number of nitrogens with zero attached hydrogens (tertiary/aromatic N) is 1. The highest BCUT2D eigenvalue weighted by Crippen LogP contribution is 2.26. The molecule has 2 rings (SSSR count). The van der Waals surface area contributed by atoms with E-state index in [1.807, 2.05) is 6.07 Å². The highest BCUT2D eigenvalue weighted by molar-refractivity contribution is 6.31. The van der Waals surface area contributed by atoms with Crippen molar-refractivity contribution >= 4 is 11.6 Å². The van der Waals surface area contributed by atoms with Gasteiger partial charge in [0.1, 0.15) is 0 Å². The lowest BCUT2D eigenvalue weighted by atomic mass is 10.1. The average molecular weight is 267 g/mol. The number of nitrogens with two attached hydrogens (primary N) is 1. The Bertz CT molecular complexity index is 386. The molecule has 0 atom stereocenters. The summed E-state index contributed by atoms with van der Waals surface area (Å²) in [6, 6.07) is 6.17. The number of rotatable bonds is 5. The van der Waals surface area contributed by atoms with Crippen LogP contribution in [0, 0.1) is 5.92 Å². The topological polar surface area (TPSA) is 29.3 Å². The zero-order chi connectivity index (χ0) is 13.0. The zero-order valence-electron chi connectivity index (χ0n) is 11.2. The van der Waals surface area contributed by atoms with Gasteiger partial charge in [-0.25, -0.2) is 0 Å². The first-order valence-electron chi connectivity index (χ1n) is 6.85. The molecule has 0 radical (unpaired) electrons. The fraction of sp³-hybridized carbons (Fsp3) is 0.600. The predicted molar refractivity (Wildman–Crippen MR) is 77.6 cm³/mol. The van der Waals surface area contributed by atoms with E-state index in [9.17, 15) is 0 Å². The molecule has 0 unspecified atom stereocenters. The van der Waals surface area contributed by atoms with Gasteiger partial charge in [0.2, 0.25) is 0 Å². The third-order valence-corrected chi connectivity index (χ3v) is 4.19. The third-order valence-electron chi connectivity index (χ3n) is 3.84. The van der Waals surface area contributed by atoms with E-state index in [-0.39, 0.29) is 0 Å².